The molecule has 7 heteroatoms. The van der Waals surface area contributed by atoms with E-state index in [1.165, 1.54) is 22.3 Å². The summed E-state index contributed by atoms with van der Waals surface area (Å²) in [6.45, 7) is 4.66. The fourth-order valence-electron chi connectivity index (χ4n) is 9.47. The van der Waals surface area contributed by atoms with Crippen LogP contribution in [-0.4, -0.2) is 30.7 Å². The third-order valence-corrected chi connectivity index (χ3v) is 11.6. The van der Waals surface area contributed by atoms with Crippen molar-refractivity contribution in [1.29, 1.82) is 0 Å². The number of hydrogen-bond acceptors (Lipinski definition) is 5. The molecular weight excluding hydrogens is 524 g/mol. The first-order chi connectivity index (χ1) is 20.1. The van der Waals surface area contributed by atoms with Gasteiger partial charge in [0.2, 0.25) is 11.8 Å². The van der Waals surface area contributed by atoms with Crippen LogP contribution in [0.15, 0.2) is 36.4 Å². The van der Waals surface area contributed by atoms with Crippen molar-refractivity contribution in [2.45, 2.75) is 88.9 Å². The number of amides is 2. The Hall–Kier alpha value is -3.19. The maximum atomic E-state index is 13.8. The Balaban J connectivity index is 1.15. The zero-order valence-corrected chi connectivity index (χ0v) is 25.1. The maximum Gasteiger partial charge on any atom is 0.238 e. The van der Waals surface area contributed by atoms with Crippen molar-refractivity contribution in [1.82, 2.24) is 5.32 Å². The summed E-state index contributed by atoms with van der Waals surface area (Å²) in [7, 11) is 0. The molecule has 2 aromatic rings. The fraction of sp³-hybridized carbons (Fsp3) is 0.571. The molecule has 2 fully saturated rings. The van der Waals surface area contributed by atoms with Gasteiger partial charge in [0.25, 0.3) is 0 Å². The van der Waals surface area contributed by atoms with Gasteiger partial charge in [0, 0.05) is 23.2 Å². The summed E-state index contributed by atoms with van der Waals surface area (Å²) in [5, 5.41) is 6.03. The zero-order valence-electron chi connectivity index (χ0n) is 25.1. The number of hydrogen-bond donors (Lipinski definition) is 4. The quantitative estimate of drug-likeness (QED) is 0.371. The van der Waals surface area contributed by atoms with Crippen LogP contribution in [0.5, 0.6) is 0 Å². The van der Waals surface area contributed by atoms with E-state index in [0.717, 1.165) is 75.6 Å². The minimum atomic E-state index is -0.209. The van der Waals surface area contributed by atoms with Crippen LogP contribution in [0.25, 0.3) is 0 Å². The highest BCUT2D eigenvalue weighted by atomic mass is 16.2. The second kappa shape index (κ2) is 11.1. The average molecular weight is 571 g/mol. The van der Waals surface area contributed by atoms with E-state index in [1.54, 1.807) is 0 Å². The molecule has 2 aromatic carbocycles. The van der Waals surface area contributed by atoms with E-state index in [4.69, 9.17) is 11.5 Å². The van der Waals surface area contributed by atoms with Crippen LogP contribution in [-0.2, 0) is 38.1 Å². The number of fused-ring (bicyclic) bond motifs is 6. The Bertz CT molecular complexity index is 1400. The Labute approximate surface area is 249 Å². The number of ketones is 1. The molecule has 0 heterocycles. The van der Waals surface area contributed by atoms with Gasteiger partial charge < -0.3 is 22.1 Å². The van der Waals surface area contributed by atoms with Crippen LogP contribution >= 0.6 is 0 Å². The lowest BCUT2D eigenvalue weighted by molar-refractivity contribution is -0.134. The van der Waals surface area contributed by atoms with Gasteiger partial charge in [-0.05, 0) is 121 Å². The molecule has 6 rings (SSSR count). The summed E-state index contributed by atoms with van der Waals surface area (Å²) in [4.78, 5) is 39.4. The predicted octanol–water partition coefficient (Wildman–Crippen LogP) is 4.79. The second-order valence-corrected chi connectivity index (χ2v) is 13.8. The summed E-state index contributed by atoms with van der Waals surface area (Å²) in [6.07, 6.45) is 9.67. The first-order valence-corrected chi connectivity index (χ1v) is 16.0. The van der Waals surface area contributed by atoms with E-state index in [9.17, 15) is 14.4 Å². The Kier molecular flexibility index (Phi) is 7.67. The summed E-state index contributed by atoms with van der Waals surface area (Å²) < 4.78 is 0. The Morgan fingerprint density at radius 3 is 2.10 bits per heavy atom. The van der Waals surface area contributed by atoms with Crippen LogP contribution in [0.2, 0.25) is 0 Å². The van der Waals surface area contributed by atoms with Gasteiger partial charge in [-0.1, -0.05) is 38.8 Å². The standard InChI is InChI=1S/C35H46N4O3/c1-34-15-3-5-25(27(34)13-9-22-8-12-24(18-30(22)34)39-32(41)19-36)31(40)20-38-33(42)26-6-4-16-35(2)28(26)14-10-21-7-11-23(37)17-29(21)35/h7-8,11-12,17-18,25-28H,3-6,9-10,13-16,19-20,36-37H2,1-2H3,(H,38,42)(H,39,41). The predicted molar refractivity (Wildman–Crippen MR) is 166 cm³/mol. The number of rotatable bonds is 6. The summed E-state index contributed by atoms with van der Waals surface area (Å²) in [6, 6.07) is 12.4. The zero-order chi connectivity index (χ0) is 29.6. The first kappa shape index (κ1) is 28.9. The van der Waals surface area contributed by atoms with Crippen LogP contribution in [0.4, 0.5) is 11.4 Å². The third kappa shape index (κ3) is 4.93. The SMILES string of the molecule is CC12CCCC(C(=O)CNC(=O)C3CCCC4(C)c5cc(N)ccc5CCC34)C1CCc1ccc(NC(=O)CN)cc12. The molecule has 6 atom stereocenters. The molecule has 4 aliphatic carbocycles. The van der Waals surface area contributed by atoms with Crippen molar-refractivity contribution in [3.63, 3.8) is 0 Å². The van der Waals surface area contributed by atoms with Crippen LogP contribution in [0, 0.1) is 23.7 Å². The number of carbonyl (C=O) groups is 3. The monoisotopic (exact) mass is 570 g/mol. The lowest BCUT2D eigenvalue weighted by atomic mass is 9.54. The smallest absolute Gasteiger partial charge is 0.238 e. The third-order valence-electron chi connectivity index (χ3n) is 11.6. The lowest BCUT2D eigenvalue weighted by Gasteiger charge is -2.50. The summed E-state index contributed by atoms with van der Waals surface area (Å²) in [5.74, 6) is 0.335. The van der Waals surface area contributed by atoms with Gasteiger partial charge in [0.1, 0.15) is 0 Å². The first-order valence-electron chi connectivity index (χ1n) is 16.0. The largest absolute Gasteiger partial charge is 0.399 e. The van der Waals surface area contributed by atoms with E-state index in [-0.39, 0.29) is 65.2 Å². The van der Waals surface area contributed by atoms with E-state index in [0.29, 0.717) is 0 Å². The second-order valence-electron chi connectivity index (χ2n) is 13.8. The minimum Gasteiger partial charge on any atom is -0.399 e. The number of benzene rings is 2. The highest BCUT2D eigenvalue weighted by molar-refractivity contribution is 5.92. The molecule has 6 N–H and O–H groups in total. The average Bonchev–Trinajstić information content (AvgIpc) is 2.98. The molecule has 0 saturated heterocycles. The Morgan fingerprint density at radius 2 is 1.43 bits per heavy atom. The topological polar surface area (TPSA) is 127 Å². The van der Waals surface area contributed by atoms with Crippen molar-refractivity contribution in [2.24, 2.45) is 29.4 Å². The van der Waals surface area contributed by atoms with Crippen molar-refractivity contribution < 1.29 is 14.4 Å². The van der Waals surface area contributed by atoms with Crippen LogP contribution in [0.1, 0.15) is 87.5 Å². The molecule has 2 amide bonds. The molecule has 224 valence electrons. The Morgan fingerprint density at radius 1 is 0.833 bits per heavy atom. The number of carbonyl (C=O) groups excluding carboxylic acids is 3. The van der Waals surface area contributed by atoms with E-state index < -0.39 is 0 Å². The van der Waals surface area contributed by atoms with Gasteiger partial charge in [-0.2, -0.15) is 0 Å². The van der Waals surface area contributed by atoms with Gasteiger partial charge in [-0.15, -0.1) is 0 Å². The number of nitrogen functional groups attached to an aromatic ring is 1. The van der Waals surface area contributed by atoms with E-state index in [2.05, 4.69) is 48.7 Å². The number of aryl methyl sites for hydroxylation is 2. The number of anilines is 2. The van der Waals surface area contributed by atoms with Gasteiger partial charge in [0.05, 0.1) is 13.1 Å². The van der Waals surface area contributed by atoms with Crippen LogP contribution in [0.3, 0.4) is 0 Å². The summed E-state index contributed by atoms with van der Waals surface area (Å²) in [5.41, 5.74) is 18.3. The molecule has 0 spiro atoms. The van der Waals surface area contributed by atoms with Crippen molar-refractivity contribution in [2.75, 3.05) is 24.1 Å². The molecule has 0 aromatic heterocycles. The molecule has 4 aliphatic rings. The molecule has 0 aliphatic heterocycles. The molecule has 2 saturated carbocycles. The van der Waals surface area contributed by atoms with Crippen molar-refractivity contribution >= 4 is 29.0 Å². The summed E-state index contributed by atoms with van der Waals surface area (Å²) >= 11 is 0. The fourth-order valence-corrected chi connectivity index (χ4v) is 9.47. The molecule has 42 heavy (non-hydrogen) atoms. The van der Waals surface area contributed by atoms with Gasteiger partial charge >= 0.3 is 0 Å². The highest BCUT2D eigenvalue weighted by Gasteiger charge is 2.50. The highest BCUT2D eigenvalue weighted by Crippen LogP contribution is 2.54. The molecule has 0 radical (unpaired) electrons. The van der Waals surface area contributed by atoms with Gasteiger partial charge in [0.15, 0.2) is 5.78 Å². The molecule has 0 bridgehead atoms. The van der Waals surface area contributed by atoms with E-state index in [1.807, 2.05) is 12.1 Å². The molecular formula is C35H46N4O3. The number of Topliss-reactive ketones (excluding diaryl/α,β-unsaturated/α-hetero) is 1. The van der Waals surface area contributed by atoms with Crippen molar-refractivity contribution in [3.8, 4) is 0 Å². The van der Waals surface area contributed by atoms with Gasteiger partial charge in [-0.25, -0.2) is 0 Å². The van der Waals surface area contributed by atoms with Crippen molar-refractivity contribution in [3.05, 3.63) is 58.7 Å². The van der Waals surface area contributed by atoms with Gasteiger partial charge in [-0.3, -0.25) is 14.4 Å². The maximum absolute atomic E-state index is 13.8. The number of nitrogens with one attached hydrogen (secondary N) is 2. The normalized spacial score (nSPS) is 31.5. The minimum absolute atomic E-state index is 0.0412. The van der Waals surface area contributed by atoms with Crippen LogP contribution < -0.4 is 22.1 Å². The molecule has 7 nitrogen and oxygen atoms in total. The van der Waals surface area contributed by atoms with E-state index >= 15 is 0 Å². The lowest BCUT2D eigenvalue weighted by Crippen LogP contribution is -2.51. The molecule has 6 unspecified atom stereocenters. The number of nitrogens with two attached hydrogens (primary N) is 2.